The van der Waals surface area contributed by atoms with Crippen LogP contribution in [-0.4, -0.2) is 24.6 Å². The number of Topliss-reactive ketones (excluding diaryl/α,β-unsaturated/α-hetero) is 2. The molecular weight excluding hydrogens is 412 g/mol. The van der Waals surface area contributed by atoms with Gasteiger partial charge in [-0.2, -0.15) is 0 Å². The van der Waals surface area contributed by atoms with Crippen molar-refractivity contribution >= 4 is 34.7 Å². The Hall–Kier alpha value is -2.72. The van der Waals surface area contributed by atoms with Gasteiger partial charge in [0.15, 0.2) is 5.78 Å². The number of ketones is 2. The van der Waals surface area contributed by atoms with Crippen molar-refractivity contribution in [2.75, 3.05) is 7.11 Å². The number of fused-ring (bicyclic) bond motifs is 2. The van der Waals surface area contributed by atoms with Crippen molar-refractivity contribution in [1.29, 1.82) is 0 Å². The summed E-state index contributed by atoms with van der Waals surface area (Å²) in [6.07, 6.45) is 2.02. The lowest BCUT2D eigenvalue weighted by atomic mass is 9.62. The molecule has 2 aromatic carbocycles. The monoisotopic (exact) mass is 436 g/mol. The minimum absolute atomic E-state index is 0.0800. The maximum Gasteiger partial charge on any atom is 0.337 e. The van der Waals surface area contributed by atoms with Crippen molar-refractivity contribution < 1.29 is 19.1 Å². The molecule has 0 saturated carbocycles. The zero-order chi connectivity index (χ0) is 22.7. The first kappa shape index (κ1) is 21.5. The molecule has 0 spiro atoms. The second-order valence-electron chi connectivity index (χ2n) is 9.63. The van der Waals surface area contributed by atoms with E-state index in [1.807, 2.05) is 12.1 Å². The number of methoxy groups -OCH3 is 1. The van der Waals surface area contributed by atoms with Crippen molar-refractivity contribution in [3.63, 3.8) is 0 Å². The number of hydrogen-bond donors (Lipinski definition) is 0. The molecule has 0 bridgehead atoms. The standard InChI is InChI=1S/C26H25ClO4/c1-25(2)10-11-26(3,4)19-13-17-16(12-18(19)25)22(28)20(21(27)23(17)29)14-6-8-15(9-7-14)24(30)31-5/h6-9,12-13H,10-11H2,1-5H3. The van der Waals surface area contributed by atoms with E-state index in [4.69, 9.17) is 16.3 Å². The normalized spacial score (nSPS) is 19.0. The van der Waals surface area contributed by atoms with E-state index in [0.29, 0.717) is 22.3 Å². The second kappa shape index (κ2) is 7.16. The molecule has 2 aromatic rings. The lowest BCUT2D eigenvalue weighted by molar-refractivity contribution is 0.0600. The van der Waals surface area contributed by atoms with Gasteiger partial charge in [-0.25, -0.2) is 4.79 Å². The van der Waals surface area contributed by atoms with Crippen LogP contribution in [0.3, 0.4) is 0 Å². The highest BCUT2D eigenvalue weighted by atomic mass is 35.5. The number of ether oxygens (including phenoxy) is 1. The van der Waals surface area contributed by atoms with Gasteiger partial charge in [0.25, 0.3) is 0 Å². The molecule has 4 rings (SSSR count). The molecule has 0 fully saturated rings. The highest BCUT2D eigenvalue weighted by molar-refractivity contribution is 6.56. The van der Waals surface area contributed by atoms with Crippen LogP contribution in [0.2, 0.25) is 0 Å². The molecule has 0 radical (unpaired) electrons. The maximum absolute atomic E-state index is 13.5. The Morgan fingerprint density at radius 1 is 0.871 bits per heavy atom. The lowest BCUT2D eigenvalue weighted by Gasteiger charge is -2.42. The maximum atomic E-state index is 13.5. The summed E-state index contributed by atoms with van der Waals surface area (Å²) in [6.45, 7) is 8.71. The van der Waals surface area contributed by atoms with Crippen LogP contribution in [0.1, 0.15) is 88.3 Å². The fraction of sp³-hybridized carbons (Fsp3) is 0.346. The summed E-state index contributed by atoms with van der Waals surface area (Å²) >= 11 is 6.45. The SMILES string of the molecule is COC(=O)c1ccc(C2=C(Cl)C(=O)c3cc4c(cc3C2=O)C(C)(C)CCC4(C)C)cc1. The Bertz CT molecular complexity index is 1170. The predicted molar refractivity (Wildman–Crippen MR) is 121 cm³/mol. The zero-order valence-corrected chi connectivity index (χ0v) is 19.1. The predicted octanol–water partition coefficient (Wildman–Crippen LogP) is 5.85. The van der Waals surface area contributed by atoms with E-state index in [0.717, 1.165) is 24.0 Å². The molecule has 5 heteroatoms. The number of halogens is 1. The third-order valence-corrected chi connectivity index (χ3v) is 7.08. The van der Waals surface area contributed by atoms with Crippen LogP contribution in [0.5, 0.6) is 0 Å². The fourth-order valence-electron chi connectivity index (χ4n) is 4.60. The number of hydrogen-bond acceptors (Lipinski definition) is 4. The molecule has 0 unspecified atom stereocenters. The van der Waals surface area contributed by atoms with Crippen molar-refractivity contribution in [2.24, 2.45) is 0 Å². The molecule has 0 atom stereocenters. The molecule has 0 aromatic heterocycles. The van der Waals surface area contributed by atoms with Gasteiger partial charge in [0.2, 0.25) is 5.78 Å². The van der Waals surface area contributed by atoms with E-state index in [9.17, 15) is 14.4 Å². The number of carbonyl (C=O) groups is 3. The van der Waals surface area contributed by atoms with Crippen molar-refractivity contribution in [3.8, 4) is 0 Å². The van der Waals surface area contributed by atoms with Crippen LogP contribution < -0.4 is 0 Å². The molecule has 2 aliphatic rings. The number of rotatable bonds is 2. The lowest BCUT2D eigenvalue weighted by Crippen LogP contribution is -2.35. The van der Waals surface area contributed by atoms with Gasteiger partial charge < -0.3 is 4.74 Å². The van der Waals surface area contributed by atoms with Gasteiger partial charge in [0, 0.05) is 11.1 Å². The molecule has 160 valence electrons. The molecule has 31 heavy (non-hydrogen) atoms. The van der Waals surface area contributed by atoms with Crippen molar-refractivity contribution in [1.82, 2.24) is 0 Å². The van der Waals surface area contributed by atoms with Gasteiger partial charge in [-0.15, -0.1) is 0 Å². The fourth-order valence-corrected chi connectivity index (χ4v) is 4.90. The Morgan fingerprint density at radius 3 is 1.84 bits per heavy atom. The van der Waals surface area contributed by atoms with Crippen LogP contribution in [0.25, 0.3) is 5.57 Å². The van der Waals surface area contributed by atoms with Crippen LogP contribution in [0, 0.1) is 0 Å². The largest absolute Gasteiger partial charge is 0.465 e. The average molecular weight is 437 g/mol. The Balaban J connectivity index is 1.87. The average Bonchev–Trinajstić information content (AvgIpc) is 2.75. The Kier molecular flexibility index (Phi) is 4.97. The number of carbonyl (C=O) groups excluding carboxylic acids is 3. The van der Waals surface area contributed by atoms with Gasteiger partial charge >= 0.3 is 5.97 Å². The first-order chi connectivity index (χ1) is 14.5. The summed E-state index contributed by atoms with van der Waals surface area (Å²) in [5.41, 5.74) is 3.85. The molecule has 0 amide bonds. The Morgan fingerprint density at radius 2 is 1.35 bits per heavy atom. The summed E-state index contributed by atoms with van der Waals surface area (Å²) in [5.74, 6) is -1.09. The molecule has 0 heterocycles. The minimum atomic E-state index is -0.473. The molecular formula is C26H25ClO4. The van der Waals surface area contributed by atoms with E-state index in [2.05, 4.69) is 27.7 Å². The van der Waals surface area contributed by atoms with E-state index < -0.39 is 5.97 Å². The smallest absolute Gasteiger partial charge is 0.337 e. The van der Waals surface area contributed by atoms with Crippen LogP contribution in [-0.2, 0) is 15.6 Å². The molecule has 0 saturated heterocycles. The topological polar surface area (TPSA) is 60.4 Å². The third kappa shape index (κ3) is 3.34. The van der Waals surface area contributed by atoms with Gasteiger partial charge in [0.05, 0.1) is 18.2 Å². The van der Waals surface area contributed by atoms with Crippen LogP contribution in [0.15, 0.2) is 41.4 Å². The van der Waals surface area contributed by atoms with Gasteiger partial charge in [0.1, 0.15) is 5.03 Å². The molecule has 0 N–H and O–H groups in total. The molecule has 4 nitrogen and oxygen atoms in total. The van der Waals surface area contributed by atoms with Gasteiger partial charge in [-0.3, -0.25) is 9.59 Å². The van der Waals surface area contributed by atoms with Crippen LogP contribution >= 0.6 is 11.6 Å². The summed E-state index contributed by atoms with van der Waals surface area (Å²) in [7, 11) is 1.30. The first-order valence-corrected chi connectivity index (χ1v) is 10.7. The van der Waals surface area contributed by atoms with Gasteiger partial charge in [-0.1, -0.05) is 51.4 Å². The number of esters is 1. The summed E-state index contributed by atoms with van der Waals surface area (Å²) in [6, 6.07) is 10.1. The zero-order valence-electron chi connectivity index (χ0n) is 18.4. The third-order valence-electron chi connectivity index (χ3n) is 6.72. The summed E-state index contributed by atoms with van der Waals surface area (Å²) in [4.78, 5) is 38.4. The number of benzene rings is 2. The summed E-state index contributed by atoms with van der Waals surface area (Å²) in [5, 5.41) is -0.0869. The molecule has 2 aliphatic carbocycles. The van der Waals surface area contributed by atoms with Crippen molar-refractivity contribution in [3.05, 3.63) is 74.8 Å². The second-order valence-corrected chi connectivity index (χ2v) is 10.0. The molecule has 0 aliphatic heterocycles. The van der Waals surface area contributed by atoms with Gasteiger partial charge in [-0.05, 0) is 64.6 Å². The quantitative estimate of drug-likeness (QED) is 0.554. The highest BCUT2D eigenvalue weighted by Crippen LogP contribution is 2.48. The van der Waals surface area contributed by atoms with Crippen molar-refractivity contribution in [2.45, 2.75) is 51.4 Å². The van der Waals surface area contributed by atoms with Crippen LogP contribution in [0.4, 0.5) is 0 Å². The Labute approximate surface area is 187 Å². The highest BCUT2D eigenvalue weighted by Gasteiger charge is 2.41. The van der Waals surface area contributed by atoms with E-state index in [1.165, 1.54) is 7.11 Å². The van der Waals surface area contributed by atoms with E-state index >= 15 is 0 Å². The van der Waals surface area contributed by atoms with E-state index in [1.54, 1.807) is 24.3 Å². The first-order valence-electron chi connectivity index (χ1n) is 10.3. The van der Waals surface area contributed by atoms with E-state index in [-0.39, 0.29) is 33.0 Å². The minimum Gasteiger partial charge on any atom is -0.465 e. The summed E-state index contributed by atoms with van der Waals surface area (Å²) < 4.78 is 4.72. The number of allylic oxidation sites excluding steroid dienone is 2.